The number of nitrogens with zero attached hydrogens (tertiary/aromatic N) is 4. The molecule has 28 heavy (non-hydrogen) atoms. The van der Waals surface area contributed by atoms with Crippen molar-refractivity contribution < 1.29 is 4.63 Å². The fraction of sp³-hybridized carbons (Fsp3) is 0.400. The molecule has 2 aromatic heterocycles. The van der Waals surface area contributed by atoms with Crippen molar-refractivity contribution in [3.8, 4) is 6.07 Å². The van der Waals surface area contributed by atoms with Gasteiger partial charge in [-0.25, -0.2) is 4.63 Å². The van der Waals surface area contributed by atoms with Crippen molar-refractivity contribution in [1.29, 1.82) is 5.26 Å². The van der Waals surface area contributed by atoms with Crippen molar-refractivity contribution >= 4 is 16.9 Å². The molecule has 0 radical (unpaired) electrons. The predicted octanol–water partition coefficient (Wildman–Crippen LogP) is 2.67. The average Bonchev–Trinajstić information content (AvgIpc) is 3.42. The minimum Gasteiger partial charge on any atom is -0.343 e. The summed E-state index contributed by atoms with van der Waals surface area (Å²) in [6.45, 7) is 1.08. The number of aromatic amines is 1. The molecular weight excluding hydrogens is 354 g/mol. The predicted molar refractivity (Wildman–Crippen MR) is 101 cm³/mol. The largest absolute Gasteiger partial charge is 0.343 e. The number of H-pyrrole nitrogens is 1. The molecule has 2 bridgehead atoms. The maximum absolute atomic E-state index is 10.2. The summed E-state index contributed by atoms with van der Waals surface area (Å²) in [5, 5.41) is 32.8. The van der Waals surface area contributed by atoms with Crippen LogP contribution in [0.4, 0.5) is 5.82 Å². The molecule has 5 heterocycles. The van der Waals surface area contributed by atoms with E-state index in [2.05, 4.69) is 37.2 Å². The Bertz CT molecular complexity index is 1130. The molecule has 1 aliphatic carbocycles. The van der Waals surface area contributed by atoms with Crippen LogP contribution in [0.15, 0.2) is 40.3 Å². The number of aromatic nitrogens is 4. The van der Waals surface area contributed by atoms with Crippen molar-refractivity contribution in [2.75, 3.05) is 11.9 Å². The van der Waals surface area contributed by atoms with Gasteiger partial charge in [0.15, 0.2) is 0 Å². The minimum absolute atomic E-state index is 0.244. The minimum atomic E-state index is -0.244. The highest BCUT2D eigenvalue weighted by molar-refractivity contribution is 5.80. The van der Waals surface area contributed by atoms with Gasteiger partial charge in [0, 0.05) is 23.2 Å². The third-order valence-corrected chi connectivity index (χ3v) is 6.57. The lowest BCUT2D eigenvalue weighted by Crippen LogP contribution is -2.52. The van der Waals surface area contributed by atoms with Crippen LogP contribution in [0, 0.1) is 23.2 Å². The Morgan fingerprint density at radius 1 is 1.18 bits per heavy atom. The fourth-order valence-electron chi connectivity index (χ4n) is 5.25. The lowest BCUT2D eigenvalue weighted by atomic mass is 9.70. The lowest BCUT2D eigenvalue weighted by molar-refractivity contribution is 0.160. The number of nitriles is 1. The van der Waals surface area contributed by atoms with E-state index in [0.29, 0.717) is 28.9 Å². The molecule has 140 valence electrons. The summed E-state index contributed by atoms with van der Waals surface area (Å²) in [5.41, 5.74) is 5.01. The summed E-state index contributed by atoms with van der Waals surface area (Å²) in [5.74, 6) is 1.59. The Morgan fingerprint density at radius 2 is 2.14 bits per heavy atom. The highest BCUT2D eigenvalue weighted by Gasteiger charge is 2.42. The zero-order valence-corrected chi connectivity index (χ0v) is 15.1. The van der Waals surface area contributed by atoms with Crippen molar-refractivity contribution in [3.05, 3.63) is 46.8 Å². The summed E-state index contributed by atoms with van der Waals surface area (Å²) in [7, 11) is 0. The van der Waals surface area contributed by atoms with E-state index in [0.717, 1.165) is 47.6 Å². The van der Waals surface area contributed by atoms with E-state index in [1.807, 2.05) is 18.2 Å². The zero-order valence-electron chi connectivity index (χ0n) is 15.1. The molecule has 1 unspecified atom stereocenters. The maximum Gasteiger partial charge on any atom is 0.139 e. The van der Waals surface area contributed by atoms with Crippen molar-refractivity contribution in [2.45, 2.75) is 31.2 Å². The van der Waals surface area contributed by atoms with E-state index < -0.39 is 0 Å². The normalized spacial score (nSPS) is 28.8. The molecule has 4 aliphatic rings. The molecule has 1 aromatic carbocycles. The Hall–Kier alpha value is -3.18. The van der Waals surface area contributed by atoms with E-state index in [1.54, 1.807) is 6.20 Å². The highest BCUT2D eigenvalue weighted by atomic mass is 16.6. The maximum atomic E-state index is 10.2. The third-order valence-electron chi connectivity index (χ3n) is 6.57. The number of piperidine rings is 2. The second kappa shape index (κ2) is 5.91. The summed E-state index contributed by atoms with van der Waals surface area (Å²) < 4.78 is 4.97. The first-order chi connectivity index (χ1) is 13.8. The van der Waals surface area contributed by atoms with Gasteiger partial charge in [0.05, 0.1) is 23.8 Å². The topological polar surface area (TPSA) is 115 Å². The van der Waals surface area contributed by atoms with Crippen LogP contribution < -0.4 is 10.6 Å². The van der Waals surface area contributed by atoms with Gasteiger partial charge in [-0.2, -0.15) is 10.4 Å². The number of hydrogen-bond acceptors (Lipinski definition) is 7. The molecule has 7 rings (SSSR count). The number of hydrogen-bond donors (Lipinski definition) is 3. The molecule has 0 spiro atoms. The molecule has 2 saturated heterocycles. The van der Waals surface area contributed by atoms with Crippen LogP contribution in [-0.2, 0) is 0 Å². The van der Waals surface area contributed by atoms with Crippen molar-refractivity contribution in [3.63, 3.8) is 0 Å². The molecular formula is C20H19N7O. The molecule has 8 nitrogen and oxygen atoms in total. The summed E-state index contributed by atoms with van der Waals surface area (Å²) in [6.07, 6.45) is 5.32. The number of fused-ring (bicyclic) bond motifs is 5. The monoisotopic (exact) mass is 373 g/mol. The van der Waals surface area contributed by atoms with Crippen molar-refractivity contribution in [2.24, 2.45) is 11.8 Å². The van der Waals surface area contributed by atoms with Gasteiger partial charge in [-0.3, -0.25) is 5.10 Å². The first-order valence-electron chi connectivity index (χ1n) is 9.72. The molecule has 0 amide bonds. The van der Waals surface area contributed by atoms with Gasteiger partial charge in [-0.1, -0.05) is 12.1 Å². The smallest absolute Gasteiger partial charge is 0.139 e. The first kappa shape index (κ1) is 15.8. The Morgan fingerprint density at radius 3 is 2.93 bits per heavy atom. The summed E-state index contributed by atoms with van der Waals surface area (Å²) in [6, 6.07) is 8.72. The SMILES string of the molecule is N#CC1=C([C@@H]2C[C@@H]3CC[C@H]2NC3)Nc2[nH]ncc2C1c1cccc2nonc12. The molecule has 3 aliphatic heterocycles. The van der Waals surface area contributed by atoms with Gasteiger partial charge in [-0.15, -0.1) is 0 Å². The van der Waals surface area contributed by atoms with E-state index in [4.69, 9.17) is 4.63 Å². The molecule has 3 aromatic rings. The molecule has 3 fully saturated rings. The first-order valence-corrected chi connectivity index (χ1v) is 9.72. The molecule has 4 atom stereocenters. The van der Waals surface area contributed by atoms with Gasteiger partial charge in [0.25, 0.3) is 0 Å². The van der Waals surface area contributed by atoms with Gasteiger partial charge in [0.1, 0.15) is 16.9 Å². The Kier molecular flexibility index (Phi) is 3.34. The van der Waals surface area contributed by atoms with Crippen LogP contribution in [0.3, 0.4) is 0 Å². The van der Waals surface area contributed by atoms with Gasteiger partial charge < -0.3 is 10.6 Å². The van der Waals surface area contributed by atoms with Crippen LogP contribution in [0.2, 0.25) is 0 Å². The fourth-order valence-corrected chi connectivity index (χ4v) is 5.25. The van der Waals surface area contributed by atoms with Crippen LogP contribution in [0.5, 0.6) is 0 Å². The van der Waals surface area contributed by atoms with Crippen LogP contribution >= 0.6 is 0 Å². The van der Waals surface area contributed by atoms with E-state index in [9.17, 15) is 5.26 Å². The van der Waals surface area contributed by atoms with Crippen LogP contribution in [0.1, 0.15) is 36.3 Å². The summed E-state index contributed by atoms with van der Waals surface area (Å²) >= 11 is 0. The van der Waals surface area contributed by atoms with Gasteiger partial charge in [0.2, 0.25) is 0 Å². The van der Waals surface area contributed by atoms with Crippen molar-refractivity contribution in [1.82, 2.24) is 25.8 Å². The van der Waals surface area contributed by atoms with E-state index in [-0.39, 0.29) is 5.92 Å². The third kappa shape index (κ3) is 2.17. The Balaban J connectivity index is 1.55. The van der Waals surface area contributed by atoms with E-state index >= 15 is 0 Å². The number of rotatable bonds is 2. The van der Waals surface area contributed by atoms with Crippen LogP contribution in [0.25, 0.3) is 11.0 Å². The molecule has 8 heteroatoms. The number of allylic oxidation sites excluding steroid dienone is 1. The number of nitrogens with one attached hydrogen (secondary N) is 3. The second-order valence-corrected chi connectivity index (χ2v) is 7.98. The second-order valence-electron chi connectivity index (χ2n) is 7.98. The molecule has 3 N–H and O–H groups in total. The number of benzene rings is 1. The van der Waals surface area contributed by atoms with E-state index in [1.165, 1.54) is 6.42 Å². The van der Waals surface area contributed by atoms with Gasteiger partial charge in [-0.05, 0) is 53.7 Å². The summed E-state index contributed by atoms with van der Waals surface area (Å²) in [4.78, 5) is 0. The van der Waals surface area contributed by atoms with Crippen LogP contribution in [-0.4, -0.2) is 33.1 Å². The lowest BCUT2D eigenvalue weighted by Gasteiger charge is -2.45. The molecule has 1 saturated carbocycles. The average molecular weight is 373 g/mol. The quantitative estimate of drug-likeness (QED) is 0.632. The zero-order chi connectivity index (χ0) is 18.7. The Labute approximate surface area is 161 Å². The standard InChI is InChI=1S/C20H19N7O/c21-7-13-17(11-2-1-3-16-19(11)27-28-26-16)14-9-23-25-20(14)24-18(13)12-6-10-4-5-15(12)22-8-10/h1-3,9-10,12,15,17,22H,4-6,8H2,(H2,23,24,25)/t10-,12+,15+,17?/m0/s1. The highest BCUT2D eigenvalue weighted by Crippen LogP contribution is 2.47. The van der Waals surface area contributed by atoms with Gasteiger partial charge >= 0.3 is 0 Å². The number of anilines is 1.